The smallest absolute Gasteiger partial charge is 0.308 e. The Hall–Kier alpha value is -1.12. The number of unbranched alkanes of at least 4 members (excludes halogenated alkanes) is 2. The van der Waals surface area contributed by atoms with Gasteiger partial charge in [-0.05, 0) is 19.4 Å². The minimum atomic E-state index is -0.221. The number of methoxy groups -OCH3 is 1. The molecule has 0 saturated carbocycles. The molecule has 1 saturated heterocycles. The molecule has 0 aromatic carbocycles. The van der Waals surface area contributed by atoms with Crippen molar-refractivity contribution in [3.8, 4) is 6.07 Å². The van der Waals surface area contributed by atoms with Crippen LogP contribution < -0.4 is 0 Å². The average molecular weight is 240 g/mol. The van der Waals surface area contributed by atoms with Crippen molar-refractivity contribution in [3.63, 3.8) is 0 Å². The van der Waals surface area contributed by atoms with Gasteiger partial charge < -0.3 is 9.47 Å². The van der Waals surface area contributed by atoms with Crippen LogP contribution in [-0.4, -0.2) is 50.3 Å². The van der Waals surface area contributed by atoms with E-state index in [2.05, 4.69) is 15.7 Å². The lowest BCUT2D eigenvalue weighted by molar-refractivity contribution is -0.145. The number of ether oxygens (including phenoxy) is 2. The second-order valence-corrected chi connectivity index (χ2v) is 4.19. The predicted octanol–water partition coefficient (Wildman–Crippen LogP) is 0.944. The Bertz CT molecular complexity index is 275. The molecule has 0 aliphatic carbocycles. The van der Waals surface area contributed by atoms with E-state index in [0.717, 1.165) is 32.5 Å². The van der Waals surface area contributed by atoms with E-state index in [4.69, 9.17) is 10.00 Å². The van der Waals surface area contributed by atoms with Gasteiger partial charge in [-0.1, -0.05) is 0 Å². The van der Waals surface area contributed by atoms with Crippen molar-refractivity contribution in [2.75, 3.05) is 33.4 Å². The number of carbonyl (C=O) groups is 1. The molecule has 0 amide bonds. The van der Waals surface area contributed by atoms with Gasteiger partial charge in [-0.3, -0.25) is 9.69 Å². The number of morpholine rings is 1. The first-order valence-corrected chi connectivity index (χ1v) is 6.04. The summed E-state index contributed by atoms with van der Waals surface area (Å²) in [5.41, 5.74) is 0. The molecule has 0 bridgehead atoms. The summed E-state index contributed by atoms with van der Waals surface area (Å²) in [5, 5.41) is 8.44. The zero-order valence-electron chi connectivity index (χ0n) is 10.4. The number of carbonyl (C=O) groups excluding carboxylic acids is 1. The highest BCUT2D eigenvalue weighted by atomic mass is 16.5. The first-order valence-electron chi connectivity index (χ1n) is 6.04. The van der Waals surface area contributed by atoms with Gasteiger partial charge in [-0.2, -0.15) is 5.26 Å². The summed E-state index contributed by atoms with van der Waals surface area (Å²) in [6, 6.07) is 2.14. The molecule has 0 aromatic heterocycles. The molecule has 1 rings (SSSR count). The molecule has 1 heterocycles. The molecule has 0 N–H and O–H groups in total. The van der Waals surface area contributed by atoms with Gasteiger partial charge in [0.1, 0.15) is 0 Å². The van der Waals surface area contributed by atoms with E-state index in [1.54, 1.807) is 0 Å². The maximum absolute atomic E-state index is 11.1. The van der Waals surface area contributed by atoms with Crippen LogP contribution in [0.3, 0.4) is 0 Å². The highest BCUT2D eigenvalue weighted by molar-refractivity contribution is 5.69. The normalized spacial score (nSPS) is 20.8. The summed E-state index contributed by atoms with van der Waals surface area (Å²) in [5.74, 6) is -0.221. The summed E-state index contributed by atoms with van der Waals surface area (Å²) in [6.45, 7) is 3.33. The predicted molar refractivity (Wildman–Crippen MR) is 62.3 cm³/mol. The second-order valence-electron chi connectivity index (χ2n) is 4.19. The number of hydrogen-bond donors (Lipinski definition) is 0. The summed E-state index contributed by atoms with van der Waals surface area (Å²) in [4.78, 5) is 13.4. The molecule has 17 heavy (non-hydrogen) atoms. The van der Waals surface area contributed by atoms with Crippen molar-refractivity contribution in [1.29, 1.82) is 5.26 Å². The van der Waals surface area contributed by atoms with Crippen molar-refractivity contribution >= 4 is 5.97 Å². The highest BCUT2D eigenvalue weighted by Crippen LogP contribution is 2.10. The molecule has 0 aromatic rings. The molecule has 5 heteroatoms. The van der Waals surface area contributed by atoms with Crippen LogP contribution in [0.2, 0.25) is 0 Å². The summed E-state index contributed by atoms with van der Waals surface area (Å²) < 4.78 is 10.1. The third kappa shape index (κ3) is 5.66. The Balaban J connectivity index is 2.19. The third-order valence-corrected chi connectivity index (χ3v) is 2.86. The fourth-order valence-electron chi connectivity index (χ4n) is 1.92. The number of hydrogen-bond acceptors (Lipinski definition) is 5. The van der Waals surface area contributed by atoms with Crippen LogP contribution in [0.25, 0.3) is 0 Å². The molecule has 5 nitrogen and oxygen atoms in total. The maximum Gasteiger partial charge on any atom is 0.308 e. The van der Waals surface area contributed by atoms with Crippen molar-refractivity contribution in [3.05, 3.63) is 0 Å². The standard InChI is InChI=1S/C12H20N2O3/c1-16-12(15)9-11-10-14(7-8-17-11)6-4-2-3-5-13/h11H,2-4,6-10H2,1H3. The second kappa shape index (κ2) is 8.04. The molecule has 1 aliphatic rings. The van der Waals surface area contributed by atoms with E-state index in [9.17, 15) is 4.79 Å². The Morgan fingerprint density at radius 1 is 1.59 bits per heavy atom. The lowest BCUT2D eigenvalue weighted by atomic mass is 10.2. The number of nitriles is 1. The Kier molecular flexibility index (Phi) is 6.60. The van der Waals surface area contributed by atoms with E-state index < -0.39 is 0 Å². The van der Waals surface area contributed by atoms with Crippen LogP contribution >= 0.6 is 0 Å². The molecule has 0 spiro atoms. The number of rotatable bonds is 6. The quantitative estimate of drug-likeness (QED) is 0.511. The molecular weight excluding hydrogens is 220 g/mol. The van der Waals surface area contributed by atoms with Crippen molar-refractivity contribution in [2.45, 2.75) is 31.8 Å². The largest absolute Gasteiger partial charge is 0.469 e. The zero-order valence-corrected chi connectivity index (χ0v) is 10.4. The highest BCUT2D eigenvalue weighted by Gasteiger charge is 2.22. The molecule has 1 aliphatic heterocycles. The van der Waals surface area contributed by atoms with E-state index in [0.29, 0.717) is 19.4 Å². The Labute approximate surface area is 102 Å². The molecular formula is C12H20N2O3. The van der Waals surface area contributed by atoms with Gasteiger partial charge in [0, 0.05) is 19.5 Å². The topological polar surface area (TPSA) is 62.6 Å². The Morgan fingerprint density at radius 2 is 2.41 bits per heavy atom. The fourth-order valence-corrected chi connectivity index (χ4v) is 1.92. The average Bonchev–Trinajstić information content (AvgIpc) is 2.35. The minimum absolute atomic E-state index is 0.0489. The van der Waals surface area contributed by atoms with Crippen LogP contribution in [0.1, 0.15) is 25.7 Å². The SMILES string of the molecule is COC(=O)CC1CN(CCCCC#N)CCO1. The van der Waals surface area contributed by atoms with E-state index in [-0.39, 0.29) is 12.1 Å². The summed E-state index contributed by atoms with van der Waals surface area (Å²) >= 11 is 0. The lowest BCUT2D eigenvalue weighted by Gasteiger charge is -2.32. The zero-order chi connectivity index (χ0) is 12.5. The van der Waals surface area contributed by atoms with E-state index in [1.165, 1.54) is 7.11 Å². The van der Waals surface area contributed by atoms with Crippen molar-refractivity contribution in [2.24, 2.45) is 0 Å². The number of esters is 1. The molecule has 0 radical (unpaired) electrons. The van der Waals surface area contributed by atoms with Crippen LogP contribution in [0, 0.1) is 11.3 Å². The van der Waals surface area contributed by atoms with Gasteiger partial charge in [0.15, 0.2) is 0 Å². The maximum atomic E-state index is 11.1. The van der Waals surface area contributed by atoms with Crippen molar-refractivity contribution in [1.82, 2.24) is 4.90 Å². The summed E-state index contributed by atoms with van der Waals surface area (Å²) in [7, 11) is 1.39. The first kappa shape index (κ1) is 13.9. The van der Waals surface area contributed by atoms with Gasteiger partial charge in [-0.15, -0.1) is 0 Å². The number of nitrogens with zero attached hydrogens (tertiary/aromatic N) is 2. The molecule has 1 fully saturated rings. The van der Waals surface area contributed by atoms with Gasteiger partial charge in [-0.25, -0.2) is 0 Å². The van der Waals surface area contributed by atoms with E-state index in [1.807, 2.05) is 0 Å². The van der Waals surface area contributed by atoms with Gasteiger partial charge >= 0.3 is 5.97 Å². The third-order valence-electron chi connectivity index (χ3n) is 2.86. The first-order chi connectivity index (χ1) is 8.26. The van der Waals surface area contributed by atoms with Crippen LogP contribution in [-0.2, 0) is 14.3 Å². The fraction of sp³-hybridized carbons (Fsp3) is 0.833. The van der Waals surface area contributed by atoms with Crippen LogP contribution in [0.5, 0.6) is 0 Å². The molecule has 96 valence electrons. The van der Waals surface area contributed by atoms with E-state index >= 15 is 0 Å². The van der Waals surface area contributed by atoms with Gasteiger partial charge in [0.05, 0.1) is 32.3 Å². The monoisotopic (exact) mass is 240 g/mol. The van der Waals surface area contributed by atoms with Gasteiger partial charge in [0.25, 0.3) is 0 Å². The molecule has 1 unspecified atom stereocenters. The lowest BCUT2D eigenvalue weighted by Crippen LogP contribution is -2.43. The van der Waals surface area contributed by atoms with Gasteiger partial charge in [0.2, 0.25) is 0 Å². The minimum Gasteiger partial charge on any atom is -0.469 e. The molecule has 1 atom stereocenters. The summed E-state index contributed by atoms with van der Waals surface area (Å²) in [6.07, 6.45) is 2.86. The Morgan fingerprint density at radius 3 is 3.12 bits per heavy atom. The van der Waals surface area contributed by atoms with Crippen LogP contribution in [0.15, 0.2) is 0 Å². The van der Waals surface area contributed by atoms with Crippen molar-refractivity contribution < 1.29 is 14.3 Å². The van der Waals surface area contributed by atoms with Crippen LogP contribution in [0.4, 0.5) is 0 Å².